The molecule has 5 heteroatoms. The Balaban J connectivity index is 1.68. The number of amides is 1. The van der Waals surface area contributed by atoms with Crippen molar-refractivity contribution in [1.29, 1.82) is 0 Å². The number of aliphatic hydroxyl groups is 1. The van der Waals surface area contributed by atoms with E-state index in [1.165, 1.54) is 0 Å². The van der Waals surface area contributed by atoms with Gasteiger partial charge in [0.2, 0.25) is 5.91 Å². The lowest BCUT2D eigenvalue weighted by molar-refractivity contribution is -0.122. The Hall–Kier alpha value is -2.14. The molecule has 20 heavy (non-hydrogen) atoms. The second-order valence-electron chi connectivity index (χ2n) is 5.11. The molecule has 1 aromatic heterocycles. The van der Waals surface area contributed by atoms with Crippen molar-refractivity contribution in [2.45, 2.75) is 25.4 Å². The molecule has 1 aliphatic carbocycles. The number of carbonyl (C=O) groups excluding carboxylic acids is 1. The van der Waals surface area contributed by atoms with Crippen molar-refractivity contribution in [2.24, 2.45) is 5.92 Å². The van der Waals surface area contributed by atoms with Crippen LogP contribution in [0.1, 0.15) is 19.3 Å². The number of nitrogens with zero attached hydrogens (tertiary/aromatic N) is 2. The Morgan fingerprint density at radius 1 is 1.30 bits per heavy atom. The maximum atomic E-state index is 12.1. The van der Waals surface area contributed by atoms with Gasteiger partial charge in [0.25, 0.3) is 0 Å². The van der Waals surface area contributed by atoms with Gasteiger partial charge < -0.3 is 15.0 Å². The van der Waals surface area contributed by atoms with Crippen LogP contribution < -0.4 is 5.32 Å². The first kappa shape index (κ1) is 12.9. The zero-order chi connectivity index (χ0) is 13.9. The summed E-state index contributed by atoms with van der Waals surface area (Å²) in [7, 11) is 0. The van der Waals surface area contributed by atoms with Gasteiger partial charge in [-0.3, -0.25) is 4.79 Å². The molecule has 0 spiro atoms. The summed E-state index contributed by atoms with van der Waals surface area (Å²) in [5.41, 5.74) is 1.74. The van der Waals surface area contributed by atoms with Gasteiger partial charge in [0.15, 0.2) is 0 Å². The number of carbonyl (C=O) groups is 1. The van der Waals surface area contributed by atoms with Gasteiger partial charge in [-0.05, 0) is 43.5 Å². The molecule has 1 amide bonds. The van der Waals surface area contributed by atoms with Crippen molar-refractivity contribution in [1.82, 2.24) is 9.55 Å². The molecule has 0 bridgehead atoms. The minimum absolute atomic E-state index is 0.0922. The largest absolute Gasteiger partial charge is 0.392 e. The molecule has 2 aromatic rings. The summed E-state index contributed by atoms with van der Waals surface area (Å²) in [4.78, 5) is 16.0. The van der Waals surface area contributed by atoms with Gasteiger partial charge in [-0.2, -0.15) is 0 Å². The summed E-state index contributed by atoms with van der Waals surface area (Å²) < 4.78 is 1.90. The minimum Gasteiger partial charge on any atom is -0.392 e. The number of nitrogens with one attached hydrogen (secondary N) is 1. The fourth-order valence-corrected chi connectivity index (χ4v) is 2.61. The molecule has 1 aliphatic rings. The lowest BCUT2D eigenvalue weighted by Crippen LogP contribution is -2.28. The molecule has 2 unspecified atom stereocenters. The van der Waals surface area contributed by atoms with E-state index >= 15 is 0 Å². The number of anilines is 1. The molecular weight excluding hydrogens is 254 g/mol. The average molecular weight is 271 g/mol. The van der Waals surface area contributed by atoms with Crippen LogP contribution in [0.15, 0.2) is 43.0 Å². The summed E-state index contributed by atoms with van der Waals surface area (Å²) in [5.74, 6) is -0.367. The minimum atomic E-state index is -0.500. The summed E-state index contributed by atoms with van der Waals surface area (Å²) >= 11 is 0. The number of aromatic nitrogens is 2. The van der Waals surface area contributed by atoms with Gasteiger partial charge in [-0.15, -0.1) is 0 Å². The van der Waals surface area contributed by atoms with E-state index in [1.807, 2.05) is 35.0 Å². The van der Waals surface area contributed by atoms with Gasteiger partial charge in [-0.25, -0.2) is 4.98 Å². The second kappa shape index (κ2) is 5.46. The van der Waals surface area contributed by atoms with E-state index in [9.17, 15) is 9.90 Å². The van der Waals surface area contributed by atoms with Gasteiger partial charge in [0.05, 0.1) is 18.3 Å². The van der Waals surface area contributed by atoms with Crippen molar-refractivity contribution in [3.63, 3.8) is 0 Å². The molecule has 0 aliphatic heterocycles. The van der Waals surface area contributed by atoms with E-state index in [4.69, 9.17) is 0 Å². The molecule has 0 radical (unpaired) electrons. The third-order valence-electron chi connectivity index (χ3n) is 3.75. The SMILES string of the molecule is O=C(Nc1ccc(-n2ccnc2)cc1)C1CCCC1O. The van der Waals surface area contributed by atoms with Crippen molar-refractivity contribution < 1.29 is 9.90 Å². The van der Waals surface area contributed by atoms with E-state index in [-0.39, 0.29) is 11.8 Å². The van der Waals surface area contributed by atoms with Crippen LogP contribution in [0.2, 0.25) is 0 Å². The molecule has 2 atom stereocenters. The van der Waals surface area contributed by atoms with E-state index < -0.39 is 6.10 Å². The molecule has 5 nitrogen and oxygen atoms in total. The first-order valence-electron chi connectivity index (χ1n) is 6.81. The Labute approximate surface area is 117 Å². The number of imidazole rings is 1. The van der Waals surface area contributed by atoms with Gasteiger partial charge in [0.1, 0.15) is 0 Å². The van der Waals surface area contributed by atoms with Crippen molar-refractivity contribution in [3.8, 4) is 5.69 Å². The molecule has 1 aromatic carbocycles. The highest BCUT2D eigenvalue weighted by Gasteiger charge is 2.31. The zero-order valence-electron chi connectivity index (χ0n) is 11.1. The first-order valence-corrected chi connectivity index (χ1v) is 6.81. The average Bonchev–Trinajstić information content (AvgIpc) is 3.10. The molecule has 1 saturated carbocycles. The standard InChI is InChI=1S/C15H17N3O2/c19-14-3-1-2-13(14)15(20)17-11-4-6-12(7-5-11)18-9-8-16-10-18/h4-10,13-14,19H,1-3H2,(H,17,20). The fraction of sp³-hybridized carbons (Fsp3) is 0.333. The zero-order valence-corrected chi connectivity index (χ0v) is 11.1. The van der Waals surface area contributed by atoms with Crippen LogP contribution in [0, 0.1) is 5.92 Å². The monoisotopic (exact) mass is 271 g/mol. The van der Waals surface area contributed by atoms with Crippen LogP contribution >= 0.6 is 0 Å². The molecular formula is C15H17N3O2. The smallest absolute Gasteiger partial charge is 0.230 e. The molecule has 1 fully saturated rings. The third-order valence-corrected chi connectivity index (χ3v) is 3.75. The number of hydrogen-bond acceptors (Lipinski definition) is 3. The molecule has 3 rings (SSSR count). The van der Waals surface area contributed by atoms with Crippen molar-refractivity contribution in [2.75, 3.05) is 5.32 Å². The van der Waals surface area contributed by atoms with Crippen LogP contribution in [0.25, 0.3) is 5.69 Å². The normalized spacial score (nSPS) is 21.9. The number of rotatable bonds is 3. The topological polar surface area (TPSA) is 67.2 Å². The number of aliphatic hydroxyl groups excluding tert-OH is 1. The molecule has 1 heterocycles. The Morgan fingerprint density at radius 2 is 2.10 bits per heavy atom. The highest BCUT2D eigenvalue weighted by molar-refractivity contribution is 5.93. The highest BCUT2D eigenvalue weighted by Crippen LogP contribution is 2.26. The van der Waals surface area contributed by atoms with E-state index in [1.54, 1.807) is 12.5 Å². The van der Waals surface area contributed by atoms with Crippen LogP contribution in [-0.4, -0.2) is 26.7 Å². The second-order valence-corrected chi connectivity index (χ2v) is 5.11. The van der Waals surface area contributed by atoms with Gasteiger partial charge >= 0.3 is 0 Å². The predicted molar refractivity (Wildman–Crippen MR) is 75.5 cm³/mol. The van der Waals surface area contributed by atoms with Gasteiger partial charge in [0, 0.05) is 23.8 Å². The lowest BCUT2D eigenvalue weighted by Gasteiger charge is -2.14. The van der Waals surface area contributed by atoms with Crippen molar-refractivity contribution >= 4 is 11.6 Å². The Bertz CT molecular complexity index is 578. The number of hydrogen-bond donors (Lipinski definition) is 2. The third kappa shape index (κ3) is 2.58. The molecule has 2 N–H and O–H groups in total. The quantitative estimate of drug-likeness (QED) is 0.897. The molecule has 104 valence electrons. The van der Waals surface area contributed by atoms with E-state index in [0.29, 0.717) is 0 Å². The molecule has 0 saturated heterocycles. The van der Waals surface area contributed by atoms with Crippen LogP contribution in [0.5, 0.6) is 0 Å². The van der Waals surface area contributed by atoms with Crippen molar-refractivity contribution in [3.05, 3.63) is 43.0 Å². The van der Waals surface area contributed by atoms with E-state index in [0.717, 1.165) is 30.6 Å². The maximum absolute atomic E-state index is 12.1. The number of benzene rings is 1. The Kier molecular flexibility index (Phi) is 3.52. The summed E-state index contributed by atoms with van der Waals surface area (Å²) in [6.07, 6.45) is 7.21. The van der Waals surface area contributed by atoms with Crippen LogP contribution in [0.4, 0.5) is 5.69 Å². The first-order chi connectivity index (χ1) is 9.74. The fourth-order valence-electron chi connectivity index (χ4n) is 2.61. The van der Waals surface area contributed by atoms with E-state index in [2.05, 4.69) is 10.3 Å². The lowest BCUT2D eigenvalue weighted by atomic mass is 10.1. The summed E-state index contributed by atoms with van der Waals surface area (Å²) in [6, 6.07) is 7.55. The predicted octanol–water partition coefficient (Wildman–Crippen LogP) is 1.97. The van der Waals surface area contributed by atoms with Gasteiger partial charge in [-0.1, -0.05) is 0 Å². The Morgan fingerprint density at radius 3 is 2.70 bits per heavy atom. The summed E-state index contributed by atoms with van der Waals surface area (Å²) in [5, 5.41) is 12.6. The highest BCUT2D eigenvalue weighted by atomic mass is 16.3. The van der Waals surface area contributed by atoms with Crippen LogP contribution in [-0.2, 0) is 4.79 Å². The van der Waals surface area contributed by atoms with Crippen LogP contribution in [0.3, 0.4) is 0 Å². The summed E-state index contributed by atoms with van der Waals surface area (Å²) in [6.45, 7) is 0. The maximum Gasteiger partial charge on any atom is 0.230 e.